The Morgan fingerprint density at radius 2 is 0.958 bits per heavy atom. The zero-order valence-corrected chi connectivity index (χ0v) is 27.2. The van der Waals surface area contributed by atoms with Gasteiger partial charge in [-0.25, -0.2) is 0 Å². The van der Waals surface area contributed by atoms with Crippen LogP contribution < -0.4 is 4.90 Å². The van der Waals surface area contributed by atoms with E-state index >= 15 is 0 Å². The van der Waals surface area contributed by atoms with Crippen molar-refractivity contribution in [1.29, 1.82) is 0 Å². The lowest BCUT2D eigenvalue weighted by Crippen LogP contribution is -2.48. The first kappa shape index (κ1) is 28.0. The third-order valence-corrected chi connectivity index (χ3v) is 11.9. The maximum atomic E-state index is 6.55. The van der Waals surface area contributed by atoms with E-state index in [-0.39, 0.29) is 0 Å². The van der Waals surface area contributed by atoms with E-state index in [4.69, 9.17) is 4.42 Å². The van der Waals surface area contributed by atoms with Crippen molar-refractivity contribution in [2.75, 3.05) is 4.90 Å². The van der Waals surface area contributed by atoms with Crippen LogP contribution in [0.15, 0.2) is 150 Å². The molecule has 0 atom stereocenters. The molecule has 11 rings (SSSR count). The topological polar surface area (TPSA) is 16.4 Å². The molecule has 48 heavy (non-hydrogen) atoms. The van der Waals surface area contributed by atoms with Gasteiger partial charge < -0.3 is 9.32 Å². The van der Waals surface area contributed by atoms with Crippen LogP contribution in [0.3, 0.4) is 0 Å². The molecule has 0 N–H and O–H groups in total. The van der Waals surface area contributed by atoms with Gasteiger partial charge in [-0.15, -0.1) is 0 Å². The molecule has 0 saturated heterocycles. The number of furan rings is 1. The molecule has 0 aliphatic heterocycles. The van der Waals surface area contributed by atoms with E-state index in [2.05, 4.69) is 144 Å². The average molecular weight is 622 g/mol. The van der Waals surface area contributed by atoms with Gasteiger partial charge >= 0.3 is 0 Å². The van der Waals surface area contributed by atoms with Crippen molar-refractivity contribution < 1.29 is 4.42 Å². The van der Waals surface area contributed by atoms with Crippen molar-refractivity contribution in [1.82, 2.24) is 0 Å². The Hall–Kier alpha value is -5.08. The van der Waals surface area contributed by atoms with Crippen molar-refractivity contribution in [2.24, 2.45) is 17.8 Å². The van der Waals surface area contributed by atoms with Crippen molar-refractivity contribution in [2.45, 2.75) is 43.9 Å². The Bertz CT molecular complexity index is 2210. The van der Waals surface area contributed by atoms with Crippen molar-refractivity contribution in [3.8, 4) is 22.3 Å². The normalized spacial score (nSPS) is 22.8. The summed E-state index contributed by atoms with van der Waals surface area (Å²) in [6.45, 7) is 0. The fraction of sp³-hybridized carbons (Fsp3) is 0.217. The average Bonchev–Trinajstić information content (AvgIpc) is 3.52. The summed E-state index contributed by atoms with van der Waals surface area (Å²) >= 11 is 0. The van der Waals surface area contributed by atoms with Crippen LogP contribution in [0.2, 0.25) is 0 Å². The highest BCUT2D eigenvalue weighted by atomic mass is 16.3. The van der Waals surface area contributed by atoms with Gasteiger partial charge in [0.05, 0.1) is 5.69 Å². The van der Waals surface area contributed by atoms with E-state index in [1.54, 1.807) is 5.56 Å². The summed E-state index contributed by atoms with van der Waals surface area (Å²) < 4.78 is 6.55. The summed E-state index contributed by atoms with van der Waals surface area (Å²) in [6.07, 6.45) is 8.70. The lowest BCUT2D eigenvalue weighted by atomic mass is 9.48. The lowest BCUT2D eigenvalue weighted by molar-refractivity contribution is -0.00518. The summed E-state index contributed by atoms with van der Waals surface area (Å²) in [6, 6.07) is 53.0. The first-order chi connectivity index (χ1) is 23.7. The number of hydrogen-bond acceptors (Lipinski definition) is 2. The van der Waals surface area contributed by atoms with Crippen LogP contribution in [0.4, 0.5) is 17.1 Å². The number of fused-ring (bicyclic) bond motifs is 3. The molecule has 2 heteroatoms. The zero-order chi connectivity index (χ0) is 31.7. The number of hydrogen-bond donors (Lipinski definition) is 0. The summed E-state index contributed by atoms with van der Waals surface area (Å²) in [5.41, 5.74) is 12.0. The van der Waals surface area contributed by atoms with Gasteiger partial charge in [0, 0.05) is 22.1 Å². The fourth-order valence-electron chi connectivity index (χ4n) is 10.1. The number of rotatable bonds is 6. The molecule has 6 aromatic carbocycles. The summed E-state index contributed by atoms with van der Waals surface area (Å²) in [5.74, 6) is 2.89. The first-order valence-corrected chi connectivity index (χ1v) is 17.8. The molecule has 2 nitrogen and oxygen atoms in total. The molecule has 234 valence electrons. The second-order valence-corrected chi connectivity index (χ2v) is 14.8. The zero-order valence-electron chi connectivity index (χ0n) is 27.2. The molecule has 0 radical (unpaired) electrons. The van der Waals surface area contributed by atoms with E-state index < -0.39 is 0 Å². The number of nitrogens with zero attached hydrogens (tertiary/aromatic N) is 1. The van der Waals surface area contributed by atoms with Crippen molar-refractivity contribution in [3.63, 3.8) is 0 Å². The number of para-hydroxylation sites is 2. The van der Waals surface area contributed by atoms with Gasteiger partial charge in [0.15, 0.2) is 5.58 Å². The van der Waals surface area contributed by atoms with Gasteiger partial charge in [-0.05, 0) is 126 Å². The second kappa shape index (κ2) is 11.0. The highest BCUT2D eigenvalue weighted by molar-refractivity contribution is 6.10. The van der Waals surface area contributed by atoms with Crippen molar-refractivity contribution in [3.05, 3.63) is 151 Å². The van der Waals surface area contributed by atoms with Crippen molar-refractivity contribution >= 4 is 39.0 Å². The van der Waals surface area contributed by atoms with E-state index in [1.807, 2.05) is 6.07 Å². The lowest BCUT2D eigenvalue weighted by Gasteiger charge is -2.57. The Labute approximate surface area is 282 Å². The summed E-state index contributed by atoms with van der Waals surface area (Å²) in [7, 11) is 0. The summed E-state index contributed by atoms with van der Waals surface area (Å²) in [5, 5.41) is 2.27. The number of anilines is 3. The smallest absolute Gasteiger partial charge is 0.159 e. The molecule has 4 aliphatic rings. The van der Waals surface area contributed by atoms with Gasteiger partial charge in [-0.1, -0.05) is 109 Å². The third-order valence-electron chi connectivity index (χ3n) is 11.9. The summed E-state index contributed by atoms with van der Waals surface area (Å²) in [4.78, 5) is 2.33. The van der Waals surface area contributed by atoms with Gasteiger partial charge in [0.2, 0.25) is 0 Å². The van der Waals surface area contributed by atoms with Crippen LogP contribution >= 0.6 is 0 Å². The third kappa shape index (κ3) is 4.61. The molecular formula is C46H39NO. The molecule has 0 amide bonds. The molecule has 7 aromatic rings. The van der Waals surface area contributed by atoms with E-state index in [9.17, 15) is 0 Å². The van der Waals surface area contributed by atoms with Gasteiger partial charge in [0.25, 0.3) is 0 Å². The maximum Gasteiger partial charge on any atom is 0.159 e. The van der Waals surface area contributed by atoms with Gasteiger partial charge in [-0.2, -0.15) is 0 Å². The highest BCUT2D eigenvalue weighted by Crippen LogP contribution is 2.60. The van der Waals surface area contributed by atoms with E-state index in [0.29, 0.717) is 5.41 Å². The van der Waals surface area contributed by atoms with E-state index in [1.165, 1.54) is 60.8 Å². The van der Waals surface area contributed by atoms with Gasteiger partial charge in [-0.3, -0.25) is 0 Å². The van der Waals surface area contributed by atoms with Crippen LogP contribution in [-0.2, 0) is 5.41 Å². The second-order valence-electron chi connectivity index (χ2n) is 14.8. The monoisotopic (exact) mass is 621 g/mol. The van der Waals surface area contributed by atoms with Crippen LogP contribution in [-0.4, -0.2) is 0 Å². The van der Waals surface area contributed by atoms with Crippen LogP contribution in [0.1, 0.15) is 44.1 Å². The minimum atomic E-state index is 0.436. The Balaban J connectivity index is 1.02. The molecule has 4 fully saturated rings. The van der Waals surface area contributed by atoms with Gasteiger partial charge in [0.1, 0.15) is 5.58 Å². The first-order valence-electron chi connectivity index (χ1n) is 17.8. The van der Waals surface area contributed by atoms with Crippen LogP contribution in [0.5, 0.6) is 0 Å². The largest absolute Gasteiger partial charge is 0.454 e. The predicted molar refractivity (Wildman–Crippen MR) is 199 cm³/mol. The fourth-order valence-corrected chi connectivity index (χ4v) is 10.1. The predicted octanol–water partition coefficient (Wildman–Crippen LogP) is 12.9. The molecule has 4 aliphatic carbocycles. The molecule has 0 spiro atoms. The Kier molecular flexibility index (Phi) is 6.41. The molecule has 4 saturated carbocycles. The minimum Gasteiger partial charge on any atom is -0.454 e. The molecule has 4 bridgehead atoms. The molecular weight excluding hydrogens is 583 g/mol. The highest BCUT2D eigenvalue weighted by Gasteiger charge is 2.51. The molecule has 0 unspecified atom stereocenters. The quantitative estimate of drug-likeness (QED) is 0.184. The van der Waals surface area contributed by atoms with E-state index in [0.717, 1.165) is 56.8 Å². The Morgan fingerprint density at radius 3 is 1.56 bits per heavy atom. The standard InChI is InChI=1S/C46H39NO/c1-2-7-34(8-3-1)36-15-21-39(22-16-36)47(43-11-6-10-42-41-9-4-5-12-44(41)48-45(42)43)40-23-17-37(18-24-40)35-13-19-38(20-14-35)46-28-31-25-32(29-46)27-33(26-31)30-46/h1-24,31-33H,25-30H2. The molecule has 1 heterocycles. The number of benzene rings is 6. The van der Waals surface area contributed by atoms with Crippen LogP contribution in [0.25, 0.3) is 44.2 Å². The van der Waals surface area contributed by atoms with Crippen LogP contribution in [0, 0.1) is 17.8 Å². The maximum absolute atomic E-state index is 6.55. The Morgan fingerprint density at radius 1 is 0.458 bits per heavy atom. The SMILES string of the molecule is c1ccc(-c2ccc(N(c3ccc(-c4ccc(C56CC7CC(CC(C7)C5)C6)cc4)cc3)c3cccc4c3oc3ccccc34)cc2)cc1. The molecule has 1 aromatic heterocycles. The minimum absolute atomic E-state index is 0.436.